The summed E-state index contributed by atoms with van der Waals surface area (Å²) in [4.78, 5) is 1.29. The van der Waals surface area contributed by atoms with E-state index in [4.69, 9.17) is 0 Å². The Labute approximate surface area is 107 Å². The van der Waals surface area contributed by atoms with Crippen LogP contribution in [0.15, 0.2) is 53.4 Å². The first-order valence-electron chi connectivity index (χ1n) is 5.71. The molecule has 0 saturated carbocycles. The summed E-state index contributed by atoms with van der Waals surface area (Å²) in [7, 11) is 0. The Kier molecular flexibility index (Phi) is 4.10. The van der Waals surface area contributed by atoms with E-state index in [0.717, 1.165) is 6.54 Å². The SMILES string of the molecule is CSc1cccc(NCc2ccc(C)cc2)c1. The Morgan fingerprint density at radius 1 is 1.06 bits per heavy atom. The molecule has 1 N–H and O–H groups in total. The molecule has 0 aliphatic rings. The fourth-order valence-corrected chi connectivity index (χ4v) is 2.10. The van der Waals surface area contributed by atoms with Crippen LogP contribution in [0.25, 0.3) is 0 Å². The molecule has 0 aliphatic heterocycles. The number of hydrogen-bond donors (Lipinski definition) is 1. The molecule has 0 unspecified atom stereocenters. The second-order valence-corrected chi connectivity index (χ2v) is 4.95. The molecule has 2 aromatic rings. The molecular weight excluding hydrogens is 226 g/mol. The number of aryl methyl sites for hydroxylation is 1. The molecule has 0 atom stereocenters. The Balaban J connectivity index is 1.99. The first-order valence-corrected chi connectivity index (χ1v) is 6.94. The monoisotopic (exact) mass is 243 g/mol. The summed E-state index contributed by atoms with van der Waals surface area (Å²) in [6.45, 7) is 2.98. The number of thioether (sulfide) groups is 1. The minimum Gasteiger partial charge on any atom is -0.381 e. The minimum absolute atomic E-state index is 0.873. The highest BCUT2D eigenvalue weighted by atomic mass is 32.2. The lowest BCUT2D eigenvalue weighted by Gasteiger charge is -2.08. The largest absolute Gasteiger partial charge is 0.381 e. The predicted octanol–water partition coefficient (Wildman–Crippen LogP) is 4.33. The van der Waals surface area contributed by atoms with Crippen molar-refractivity contribution in [1.29, 1.82) is 0 Å². The highest BCUT2D eigenvalue weighted by Gasteiger charge is 1.95. The summed E-state index contributed by atoms with van der Waals surface area (Å²) >= 11 is 1.77. The van der Waals surface area contributed by atoms with Crippen molar-refractivity contribution in [2.75, 3.05) is 11.6 Å². The van der Waals surface area contributed by atoms with E-state index in [-0.39, 0.29) is 0 Å². The van der Waals surface area contributed by atoms with E-state index in [9.17, 15) is 0 Å². The van der Waals surface area contributed by atoms with E-state index in [1.54, 1.807) is 11.8 Å². The fraction of sp³-hybridized carbons (Fsp3) is 0.200. The van der Waals surface area contributed by atoms with Gasteiger partial charge in [0.1, 0.15) is 0 Å². The van der Waals surface area contributed by atoms with Gasteiger partial charge in [0.25, 0.3) is 0 Å². The lowest BCUT2D eigenvalue weighted by Crippen LogP contribution is -1.99. The van der Waals surface area contributed by atoms with Gasteiger partial charge in [-0.25, -0.2) is 0 Å². The average molecular weight is 243 g/mol. The highest BCUT2D eigenvalue weighted by molar-refractivity contribution is 7.98. The zero-order valence-corrected chi connectivity index (χ0v) is 11.1. The van der Waals surface area contributed by atoms with Gasteiger partial charge in [-0.1, -0.05) is 35.9 Å². The van der Waals surface area contributed by atoms with Crippen molar-refractivity contribution in [3.05, 3.63) is 59.7 Å². The molecule has 2 heteroatoms. The van der Waals surface area contributed by atoms with Crippen molar-refractivity contribution < 1.29 is 0 Å². The molecule has 0 amide bonds. The molecule has 0 aliphatic carbocycles. The molecule has 0 fully saturated rings. The number of nitrogens with one attached hydrogen (secondary N) is 1. The molecule has 1 nitrogen and oxygen atoms in total. The van der Waals surface area contributed by atoms with Gasteiger partial charge in [0.05, 0.1) is 0 Å². The molecule has 0 radical (unpaired) electrons. The van der Waals surface area contributed by atoms with Gasteiger partial charge in [-0.3, -0.25) is 0 Å². The summed E-state index contributed by atoms with van der Waals surface area (Å²) in [5.74, 6) is 0. The van der Waals surface area contributed by atoms with Crippen LogP contribution in [-0.2, 0) is 6.54 Å². The fourth-order valence-electron chi connectivity index (χ4n) is 1.64. The summed E-state index contributed by atoms with van der Waals surface area (Å²) in [5, 5.41) is 3.44. The van der Waals surface area contributed by atoms with Gasteiger partial charge < -0.3 is 5.32 Å². The second-order valence-electron chi connectivity index (χ2n) is 4.07. The average Bonchev–Trinajstić information content (AvgIpc) is 2.38. The van der Waals surface area contributed by atoms with E-state index < -0.39 is 0 Å². The zero-order chi connectivity index (χ0) is 12.1. The maximum atomic E-state index is 3.44. The number of hydrogen-bond acceptors (Lipinski definition) is 2. The predicted molar refractivity (Wildman–Crippen MR) is 76.7 cm³/mol. The van der Waals surface area contributed by atoms with E-state index in [1.807, 2.05) is 0 Å². The third-order valence-corrected chi connectivity index (χ3v) is 3.41. The molecule has 2 rings (SSSR count). The van der Waals surface area contributed by atoms with Gasteiger partial charge in [0.15, 0.2) is 0 Å². The molecule has 17 heavy (non-hydrogen) atoms. The van der Waals surface area contributed by atoms with Crippen molar-refractivity contribution in [3.8, 4) is 0 Å². The van der Waals surface area contributed by atoms with Crippen LogP contribution in [-0.4, -0.2) is 6.26 Å². The van der Waals surface area contributed by atoms with E-state index >= 15 is 0 Å². The van der Waals surface area contributed by atoms with Crippen molar-refractivity contribution in [2.24, 2.45) is 0 Å². The van der Waals surface area contributed by atoms with E-state index in [2.05, 4.69) is 67.0 Å². The number of benzene rings is 2. The summed E-state index contributed by atoms with van der Waals surface area (Å²) < 4.78 is 0. The van der Waals surface area contributed by atoms with Crippen LogP contribution >= 0.6 is 11.8 Å². The Morgan fingerprint density at radius 3 is 2.53 bits per heavy atom. The third kappa shape index (κ3) is 3.53. The Morgan fingerprint density at radius 2 is 1.82 bits per heavy atom. The molecule has 0 saturated heterocycles. The highest BCUT2D eigenvalue weighted by Crippen LogP contribution is 2.19. The molecule has 0 aromatic heterocycles. The first kappa shape index (κ1) is 12.1. The first-order chi connectivity index (χ1) is 8.28. The second kappa shape index (κ2) is 5.78. The van der Waals surface area contributed by atoms with Gasteiger partial charge in [-0.15, -0.1) is 11.8 Å². The summed E-state index contributed by atoms with van der Waals surface area (Å²) in [5.41, 5.74) is 3.79. The maximum Gasteiger partial charge on any atom is 0.0400 e. The molecule has 0 spiro atoms. The molecule has 0 heterocycles. The molecule has 88 valence electrons. The van der Waals surface area contributed by atoms with Gasteiger partial charge in [0.2, 0.25) is 0 Å². The van der Waals surface area contributed by atoms with Crippen LogP contribution in [0, 0.1) is 6.92 Å². The Bertz CT molecular complexity index is 477. The van der Waals surface area contributed by atoms with Crippen LogP contribution in [0.3, 0.4) is 0 Å². The normalized spacial score (nSPS) is 10.2. The van der Waals surface area contributed by atoms with Crippen LogP contribution in [0.1, 0.15) is 11.1 Å². The van der Waals surface area contributed by atoms with Gasteiger partial charge in [-0.05, 0) is 36.9 Å². The van der Waals surface area contributed by atoms with Gasteiger partial charge in [-0.2, -0.15) is 0 Å². The molecule has 0 bridgehead atoms. The molecular formula is C15H17NS. The maximum absolute atomic E-state index is 3.44. The number of anilines is 1. The zero-order valence-electron chi connectivity index (χ0n) is 10.2. The van der Waals surface area contributed by atoms with Crippen LogP contribution in [0.5, 0.6) is 0 Å². The van der Waals surface area contributed by atoms with Crippen LogP contribution < -0.4 is 5.32 Å². The van der Waals surface area contributed by atoms with E-state index in [1.165, 1.54) is 21.7 Å². The Hall–Kier alpha value is -1.41. The standard InChI is InChI=1S/C15H17NS/c1-12-6-8-13(9-7-12)11-16-14-4-3-5-15(10-14)17-2/h3-10,16H,11H2,1-2H3. The lowest BCUT2D eigenvalue weighted by molar-refractivity contribution is 1.14. The minimum atomic E-state index is 0.873. The van der Waals surface area contributed by atoms with Crippen molar-refractivity contribution >= 4 is 17.4 Å². The van der Waals surface area contributed by atoms with Gasteiger partial charge >= 0.3 is 0 Å². The third-order valence-electron chi connectivity index (χ3n) is 2.69. The van der Waals surface area contributed by atoms with Gasteiger partial charge in [0, 0.05) is 17.1 Å². The number of rotatable bonds is 4. The topological polar surface area (TPSA) is 12.0 Å². The summed E-state index contributed by atoms with van der Waals surface area (Å²) in [6, 6.07) is 17.1. The summed E-state index contributed by atoms with van der Waals surface area (Å²) in [6.07, 6.45) is 2.10. The molecule has 2 aromatic carbocycles. The van der Waals surface area contributed by atoms with Crippen molar-refractivity contribution in [2.45, 2.75) is 18.4 Å². The van der Waals surface area contributed by atoms with Crippen LogP contribution in [0.4, 0.5) is 5.69 Å². The van der Waals surface area contributed by atoms with E-state index in [0.29, 0.717) is 0 Å². The van der Waals surface area contributed by atoms with Crippen molar-refractivity contribution in [3.63, 3.8) is 0 Å². The quantitative estimate of drug-likeness (QED) is 0.802. The lowest BCUT2D eigenvalue weighted by atomic mass is 10.1. The smallest absolute Gasteiger partial charge is 0.0400 e. The van der Waals surface area contributed by atoms with Crippen LogP contribution in [0.2, 0.25) is 0 Å². The van der Waals surface area contributed by atoms with Crippen molar-refractivity contribution in [1.82, 2.24) is 0 Å².